The van der Waals surface area contributed by atoms with Gasteiger partial charge in [0.25, 0.3) is 0 Å². The molecule has 11 nitrogen and oxygen atoms in total. The van der Waals surface area contributed by atoms with Crippen LogP contribution >= 0.6 is 0 Å². The van der Waals surface area contributed by atoms with Gasteiger partial charge in [-0.15, -0.1) is 0 Å². The summed E-state index contributed by atoms with van der Waals surface area (Å²) in [7, 11) is 0. The highest BCUT2D eigenvalue weighted by molar-refractivity contribution is 5.97. The van der Waals surface area contributed by atoms with Crippen molar-refractivity contribution >= 4 is 35.2 Å². The number of rotatable bonds is 5. The van der Waals surface area contributed by atoms with Gasteiger partial charge in [0, 0.05) is 58.2 Å². The van der Waals surface area contributed by atoms with Gasteiger partial charge in [-0.3, -0.25) is 14.5 Å². The number of piperazine rings is 1. The molecule has 0 aromatic carbocycles. The molecule has 0 bridgehead atoms. The number of carbonyl (C=O) groups excluding carboxylic acids is 3. The van der Waals surface area contributed by atoms with Gasteiger partial charge in [0.15, 0.2) is 0 Å². The molecule has 0 atom stereocenters. The SMILES string of the molecule is Cc1cc2n(n1)CCCN2C(=O)CCC(=O)Nc1ccc(N2CCN(C(=O)OC(C)(C)C)CC2)cn1. The van der Waals surface area contributed by atoms with Gasteiger partial charge in [-0.25, -0.2) is 14.5 Å². The van der Waals surface area contributed by atoms with E-state index in [1.807, 2.05) is 44.5 Å². The van der Waals surface area contributed by atoms with Crippen LogP contribution in [0.1, 0.15) is 45.7 Å². The largest absolute Gasteiger partial charge is 0.444 e. The van der Waals surface area contributed by atoms with Crippen LogP contribution in [-0.2, 0) is 20.9 Å². The molecule has 2 aliphatic rings. The van der Waals surface area contributed by atoms with Gasteiger partial charge in [-0.05, 0) is 46.2 Å². The Kier molecular flexibility index (Phi) is 7.46. The maximum atomic E-state index is 12.7. The van der Waals surface area contributed by atoms with E-state index < -0.39 is 5.60 Å². The number of hydrogen-bond acceptors (Lipinski definition) is 7. The lowest BCUT2D eigenvalue weighted by Crippen LogP contribution is -2.50. The molecule has 1 saturated heterocycles. The van der Waals surface area contributed by atoms with Crippen molar-refractivity contribution in [2.45, 2.75) is 59.1 Å². The lowest BCUT2D eigenvalue weighted by molar-refractivity contribution is -0.122. The second-order valence-electron chi connectivity index (χ2n) is 10.2. The van der Waals surface area contributed by atoms with Crippen LogP contribution in [0, 0.1) is 6.92 Å². The normalized spacial score (nSPS) is 15.9. The number of nitrogens with zero attached hydrogens (tertiary/aromatic N) is 6. The molecule has 2 aromatic heterocycles. The van der Waals surface area contributed by atoms with Crippen LogP contribution in [-0.4, -0.2) is 75.9 Å². The minimum atomic E-state index is -0.512. The first-order chi connectivity index (χ1) is 17.1. The van der Waals surface area contributed by atoms with Crippen molar-refractivity contribution < 1.29 is 19.1 Å². The number of anilines is 3. The summed E-state index contributed by atoms with van der Waals surface area (Å²) in [6.07, 6.45) is 2.46. The summed E-state index contributed by atoms with van der Waals surface area (Å²) in [5.41, 5.74) is 1.29. The zero-order valence-electron chi connectivity index (χ0n) is 21.5. The van der Waals surface area contributed by atoms with Gasteiger partial charge < -0.3 is 19.9 Å². The maximum absolute atomic E-state index is 12.7. The minimum Gasteiger partial charge on any atom is -0.444 e. The topological polar surface area (TPSA) is 113 Å². The Hall–Kier alpha value is -3.63. The second kappa shape index (κ2) is 10.5. The molecule has 3 amide bonds. The summed E-state index contributed by atoms with van der Waals surface area (Å²) in [5, 5.41) is 7.18. The Morgan fingerprint density at radius 2 is 1.78 bits per heavy atom. The number of ether oxygens (including phenoxy) is 1. The van der Waals surface area contributed by atoms with Crippen molar-refractivity contribution in [3.63, 3.8) is 0 Å². The van der Waals surface area contributed by atoms with E-state index in [9.17, 15) is 14.4 Å². The van der Waals surface area contributed by atoms with Crippen molar-refractivity contribution in [1.82, 2.24) is 19.7 Å². The van der Waals surface area contributed by atoms with E-state index in [-0.39, 0.29) is 30.7 Å². The molecule has 0 saturated carbocycles. The monoisotopic (exact) mass is 497 g/mol. The van der Waals surface area contributed by atoms with Crippen LogP contribution < -0.4 is 15.1 Å². The molecule has 4 rings (SSSR count). The first kappa shape index (κ1) is 25.5. The summed E-state index contributed by atoms with van der Waals surface area (Å²) in [4.78, 5) is 47.3. The number of pyridine rings is 1. The van der Waals surface area contributed by atoms with E-state index in [2.05, 4.69) is 20.3 Å². The molecule has 11 heteroatoms. The van der Waals surface area contributed by atoms with Crippen molar-refractivity contribution in [2.75, 3.05) is 47.8 Å². The van der Waals surface area contributed by atoms with Gasteiger partial charge >= 0.3 is 6.09 Å². The van der Waals surface area contributed by atoms with Gasteiger partial charge in [0.2, 0.25) is 11.8 Å². The standard InChI is InChI=1S/C25H35N7O4/c1-18-16-22-31(10-5-11-32(22)28-18)23(34)9-8-21(33)27-20-7-6-19(17-26-20)29-12-14-30(15-13-29)24(35)36-25(2,3)4/h6-7,16-17H,5,8-15H2,1-4H3,(H,26,27,33). The quantitative estimate of drug-likeness (QED) is 0.676. The van der Waals surface area contributed by atoms with Crippen LogP contribution in [0.25, 0.3) is 0 Å². The fourth-order valence-electron chi connectivity index (χ4n) is 4.34. The second-order valence-corrected chi connectivity index (χ2v) is 10.2. The Morgan fingerprint density at radius 1 is 1.03 bits per heavy atom. The first-order valence-corrected chi connectivity index (χ1v) is 12.4. The highest BCUT2D eigenvalue weighted by Crippen LogP contribution is 2.23. The van der Waals surface area contributed by atoms with Crippen LogP contribution in [0.2, 0.25) is 0 Å². The molecular weight excluding hydrogens is 462 g/mol. The summed E-state index contributed by atoms with van der Waals surface area (Å²) in [6, 6.07) is 5.55. The molecule has 0 radical (unpaired) electrons. The number of nitrogens with one attached hydrogen (secondary N) is 1. The Labute approximate surface area is 211 Å². The summed E-state index contributed by atoms with van der Waals surface area (Å²) in [6.45, 7) is 11.4. The van der Waals surface area contributed by atoms with E-state index in [0.717, 1.165) is 30.2 Å². The van der Waals surface area contributed by atoms with Crippen molar-refractivity contribution in [3.8, 4) is 0 Å². The number of hydrogen-bond donors (Lipinski definition) is 1. The van der Waals surface area contributed by atoms with Crippen LogP contribution in [0.5, 0.6) is 0 Å². The van der Waals surface area contributed by atoms with E-state index >= 15 is 0 Å². The van der Waals surface area contributed by atoms with Gasteiger partial charge in [0.1, 0.15) is 17.2 Å². The van der Waals surface area contributed by atoms with Crippen LogP contribution in [0.15, 0.2) is 24.4 Å². The molecule has 0 aliphatic carbocycles. The molecule has 36 heavy (non-hydrogen) atoms. The number of carbonyl (C=O) groups is 3. The third-order valence-corrected chi connectivity index (χ3v) is 6.09. The third-order valence-electron chi connectivity index (χ3n) is 6.09. The maximum Gasteiger partial charge on any atom is 0.410 e. The van der Waals surface area contributed by atoms with Crippen LogP contribution in [0.4, 0.5) is 22.1 Å². The van der Waals surface area contributed by atoms with Crippen molar-refractivity contribution in [2.24, 2.45) is 0 Å². The number of aryl methyl sites for hydroxylation is 2. The average Bonchev–Trinajstić information content (AvgIpc) is 3.22. The zero-order valence-corrected chi connectivity index (χ0v) is 21.5. The Bertz CT molecular complexity index is 1100. The molecule has 0 spiro atoms. The first-order valence-electron chi connectivity index (χ1n) is 12.4. The number of amides is 3. The number of aromatic nitrogens is 3. The minimum absolute atomic E-state index is 0.0819. The molecular formula is C25H35N7O4. The predicted molar refractivity (Wildman–Crippen MR) is 136 cm³/mol. The van der Waals surface area contributed by atoms with Gasteiger partial charge in [0.05, 0.1) is 17.6 Å². The lowest BCUT2D eigenvalue weighted by atomic mass is 10.2. The van der Waals surface area contributed by atoms with Crippen molar-refractivity contribution in [3.05, 3.63) is 30.1 Å². The molecule has 1 N–H and O–H groups in total. The van der Waals surface area contributed by atoms with E-state index in [1.54, 1.807) is 22.1 Å². The molecule has 1 fully saturated rings. The Morgan fingerprint density at radius 3 is 2.44 bits per heavy atom. The summed E-state index contributed by atoms with van der Waals surface area (Å²) < 4.78 is 7.29. The number of fused-ring (bicyclic) bond motifs is 1. The Balaban J connectivity index is 1.23. The van der Waals surface area contributed by atoms with E-state index in [0.29, 0.717) is 38.5 Å². The molecule has 0 unspecified atom stereocenters. The van der Waals surface area contributed by atoms with E-state index in [4.69, 9.17) is 4.74 Å². The molecule has 2 aromatic rings. The molecule has 2 aliphatic heterocycles. The summed E-state index contributed by atoms with van der Waals surface area (Å²) in [5.74, 6) is 0.903. The average molecular weight is 498 g/mol. The van der Waals surface area contributed by atoms with Crippen molar-refractivity contribution in [1.29, 1.82) is 0 Å². The third kappa shape index (κ3) is 6.32. The molecule has 4 heterocycles. The predicted octanol–water partition coefficient (Wildman–Crippen LogP) is 2.80. The van der Waals surface area contributed by atoms with E-state index in [1.165, 1.54) is 0 Å². The fourth-order valence-corrected chi connectivity index (χ4v) is 4.34. The highest BCUT2D eigenvalue weighted by Gasteiger charge is 2.26. The van der Waals surface area contributed by atoms with Crippen LogP contribution in [0.3, 0.4) is 0 Å². The van der Waals surface area contributed by atoms with Gasteiger partial charge in [-0.2, -0.15) is 5.10 Å². The lowest BCUT2D eigenvalue weighted by Gasteiger charge is -2.36. The summed E-state index contributed by atoms with van der Waals surface area (Å²) >= 11 is 0. The fraction of sp³-hybridized carbons (Fsp3) is 0.560. The smallest absolute Gasteiger partial charge is 0.410 e. The van der Waals surface area contributed by atoms with Gasteiger partial charge in [-0.1, -0.05) is 0 Å². The highest BCUT2D eigenvalue weighted by atomic mass is 16.6. The molecule has 194 valence electrons. The zero-order chi connectivity index (χ0) is 25.9.